The van der Waals surface area contributed by atoms with E-state index in [1.807, 2.05) is 0 Å². The molecule has 3 heterocycles. The highest BCUT2D eigenvalue weighted by Gasteiger charge is 2.71. The zero-order valence-electron chi connectivity index (χ0n) is 21.2. The maximum absolute atomic E-state index is 15.5. The van der Waals surface area contributed by atoms with Gasteiger partial charge in [-0.05, 0) is 23.1 Å². The van der Waals surface area contributed by atoms with Crippen molar-refractivity contribution in [1.82, 2.24) is 9.97 Å². The molecule has 2 N–H and O–H groups in total. The van der Waals surface area contributed by atoms with Crippen molar-refractivity contribution < 1.29 is 54.4 Å². The van der Waals surface area contributed by atoms with Crippen LogP contribution in [-0.2, 0) is 15.1 Å². The maximum atomic E-state index is 15.5. The summed E-state index contributed by atoms with van der Waals surface area (Å²) in [6.45, 7) is 0.789. The Morgan fingerprint density at radius 1 is 0.857 bits per heavy atom. The van der Waals surface area contributed by atoms with E-state index in [9.17, 15) is 31.4 Å². The number of hydrogen-bond donors (Lipinski definition) is 2. The molecule has 0 amide bonds. The van der Waals surface area contributed by atoms with Gasteiger partial charge < -0.3 is 24.3 Å². The minimum absolute atomic E-state index is 0.0352. The largest absolute Gasteiger partial charge is 0.456 e. The summed E-state index contributed by atoms with van der Waals surface area (Å²) in [7, 11) is 0. The minimum atomic E-state index is -6.01. The highest BCUT2D eigenvalue weighted by molar-refractivity contribution is 5.84. The molecule has 222 valence electrons. The normalized spacial score (nSPS) is 21.2. The fourth-order valence-corrected chi connectivity index (χ4v) is 5.27. The van der Waals surface area contributed by atoms with Crippen molar-refractivity contribution in [2.24, 2.45) is 0 Å². The number of ether oxygens (including phenoxy) is 3. The summed E-state index contributed by atoms with van der Waals surface area (Å²) in [6, 6.07) is 9.48. The number of alkyl halides is 6. The summed E-state index contributed by atoms with van der Waals surface area (Å²) in [6.07, 6.45) is -12.1. The summed E-state index contributed by atoms with van der Waals surface area (Å²) in [5.74, 6) is -1.88. The fourth-order valence-electron chi connectivity index (χ4n) is 5.27. The third kappa shape index (κ3) is 4.57. The number of nitrogens with zero attached hydrogens (tertiary/aromatic N) is 1. The quantitative estimate of drug-likeness (QED) is 0.259. The number of imidazole rings is 1. The molecule has 6 rings (SSSR count). The molecule has 0 radical (unpaired) electrons. The number of aromatic nitrogens is 2. The Morgan fingerprint density at radius 3 is 2.07 bits per heavy atom. The lowest BCUT2D eigenvalue weighted by atomic mass is 9.90. The number of aliphatic hydroxyl groups is 1. The predicted octanol–water partition coefficient (Wildman–Crippen LogP) is 6.42. The lowest BCUT2D eigenvalue weighted by Gasteiger charge is -2.32. The average molecular weight is 600 g/mol. The fraction of sp³-hybridized carbons (Fsp3) is 0.321. The van der Waals surface area contributed by atoms with Crippen LogP contribution in [0.3, 0.4) is 0 Å². The van der Waals surface area contributed by atoms with Gasteiger partial charge >= 0.3 is 12.4 Å². The molecular weight excluding hydrogens is 580 g/mol. The monoisotopic (exact) mass is 600 g/mol. The molecule has 2 aliphatic heterocycles. The molecule has 14 heteroatoms. The van der Waals surface area contributed by atoms with Crippen LogP contribution in [0.2, 0.25) is 0 Å². The zero-order valence-corrected chi connectivity index (χ0v) is 21.2. The number of nitrogens with one attached hydrogen (secondary N) is 1. The average Bonchev–Trinajstić information content (AvgIpc) is 3.65. The SMILES string of the molecule is OC(c1ccc(-c2ccc(-c3c(F)cc4[nH]c(OC5COC6CCOC65)nc4c3F)cc2)cc1)(C(F)(F)F)C(F)(F)F. The second-order valence-corrected chi connectivity index (χ2v) is 10.00. The first kappa shape index (κ1) is 28.4. The van der Waals surface area contributed by atoms with E-state index in [0.29, 0.717) is 24.3 Å². The molecule has 2 fully saturated rings. The Bertz CT molecular complexity index is 1600. The number of H-pyrrole nitrogens is 1. The van der Waals surface area contributed by atoms with E-state index >= 15 is 8.78 Å². The Morgan fingerprint density at radius 2 is 1.45 bits per heavy atom. The predicted molar refractivity (Wildman–Crippen MR) is 131 cm³/mol. The third-order valence-corrected chi connectivity index (χ3v) is 7.46. The summed E-state index contributed by atoms with van der Waals surface area (Å²) < 4.78 is 127. The van der Waals surface area contributed by atoms with Gasteiger partial charge in [0, 0.05) is 18.2 Å². The van der Waals surface area contributed by atoms with E-state index in [1.54, 1.807) is 0 Å². The van der Waals surface area contributed by atoms with Gasteiger partial charge in [0.2, 0.25) is 0 Å². The van der Waals surface area contributed by atoms with Crippen LogP contribution in [0, 0.1) is 11.6 Å². The van der Waals surface area contributed by atoms with Crippen LogP contribution < -0.4 is 4.74 Å². The molecule has 1 aromatic heterocycles. The van der Waals surface area contributed by atoms with Gasteiger partial charge in [-0.1, -0.05) is 48.5 Å². The van der Waals surface area contributed by atoms with Gasteiger partial charge in [-0.2, -0.15) is 31.3 Å². The number of aromatic amines is 1. The van der Waals surface area contributed by atoms with Crippen molar-refractivity contribution in [1.29, 1.82) is 0 Å². The lowest BCUT2D eigenvalue weighted by Crippen LogP contribution is -2.53. The van der Waals surface area contributed by atoms with E-state index in [4.69, 9.17) is 14.2 Å². The van der Waals surface area contributed by atoms with Crippen LogP contribution in [0.15, 0.2) is 54.6 Å². The Balaban J connectivity index is 1.26. The van der Waals surface area contributed by atoms with Gasteiger partial charge in [-0.3, -0.25) is 0 Å². The van der Waals surface area contributed by atoms with E-state index in [2.05, 4.69) is 9.97 Å². The van der Waals surface area contributed by atoms with E-state index in [1.165, 1.54) is 24.3 Å². The molecule has 3 aromatic carbocycles. The summed E-state index contributed by atoms with van der Waals surface area (Å²) in [5, 5.41) is 9.57. The molecule has 3 atom stereocenters. The van der Waals surface area contributed by atoms with Crippen LogP contribution in [0.5, 0.6) is 6.01 Å². The molecule has 6 nitrogen and oxygen atoms in total. The van der Waals surface area contributed by atoms with Gasteiger partial charge in [0.05, 0.1) is 23.8 Å². The van der Waals surface area contributed by atoms with Crippen molar-refractivity contribution in [2.75, 3.05) is 13.2 Å². The van der Waals surface area contributed by atoms with Crippen molar-refractivity contribution >= 4 is 11.0 Å². The van der Waals surface area contributed by atoms with Crippen molar-refractivity contribution in [3.63, 3.8) is 0 Å². The second kappa shape index (κ2) is 9.92. The highest BCUT2D eigenvalue weighted by atomic mass is 19.4. The smallest absolute Gasteiger partial charge is 0.430 e. The standard InChI is InChI=1S/C28H20F8N2O4/c29-17-11-18-23(38-25(37-18)42-20-12-41-19-9-10-40-24(19)20)22(30)21(17)15-3-1-13(2-4-15)14-5-7-16(8-6-14)26(39,27(31,32)33)28(34,35)36/h1-8,11,19-20,24,39H,9-10,12H2,(H,37,38). The lowest BCUT2D eigenvalue weighted by molar-refractivity contribution is -0.376. The molecule has 0 aliphatic carbocycles. The van der Waals surface area contributed by atoms with Gasteiger partial charge in [-0.25, -0.2) is 8.78 Å². The third-order valence-electron chi connectivity index (χ3n) is 7.46. The molecule has 42 heavy (non-hydrogen) atoms. The Hall–Kier alpha value is -3.75. The summed E-state index contributed by atoms with van der Waals surface area (Å²) in [5.41, 5.74) is -6.34. The Kier molecular flexibility index (Phi) is 6.70. The van der Waals surface area contributed by atoms with E-state index in [0.717, 1.165) is 24.6 Å². The molecule has 0 saturated carbocycles. The second-order valence-electron chi connectivity index (χ2n) is 10.00. The molecular formula is C28H20F8N2O4. The van der Waals surface area contributed by atoms with Gasteiger partial charge in [0.25, 0.3) is 11.6 Å². The minimum Gasteiger partial charge on any atom is -0.456 e. The maximum Gasteiger partial charge on any atom is 0.430 e. The van der Waals surface area contributed by atoms with Crippen molar-refractivity contribution in [2.45, 2.75) is 42.7 Å². The number of fused-ring (bicyclic) bond motifs is 2. The molecule has 0 bridgehead atoms. The summed E-state index contributed by atoms with van der Waals surface area (Å²) in [4.78, 5) is 6.88. The van der Waals surface area contributed by atoms with Crippen molar-refractivity contribution in [3.05, 3.63) is 71.8 Å². The van der Waals surface area contributed by atoms with Crippen molar-refractivity contribution in [3.8, 4) is 28.3 Å². The molecule has 3 unspecified atom stereocenters. The van der Waals surface area contributed by atoms with Gasteiger partial charge in [0.15, 0.2) is 11.9 Å². The van der Waals surface area contributed by atoms with E-state index < -0.39 is 46.8 Å². The molecule has 0 spiro atoms. The van der Waals surface area contributed by atoms with Crippen LogP contribution in [0.4, 0.5) is 35.1 Å². The first-order valence-corrected chi connectivity index (χ1v) is 12.6. The zero-order chi connectivity index (χ0) is 30.0. The molecule has 2 aliphatic rings. The van der Waals surface area contributed by atoms with Crippen LogP contribution in [0.25, 0.3) is 33.3 Å². The number of hydrogen-bond acceptors (Lipinski definition) is 5. The first-order valence-electron chi connectivity index (χ1n) is 12.6. The highest BCUT2D eigenvalue weighted by Crippen LogP contribution is 2.50. The molecule has 4 aromatic rings. The molecule has 2 saturated heterocycles. The van der Waals surface area contributed by atoms with Gasteiger partial charge in [-0.15, -0.1) is 0 Å². The number of rotatable bonds is 5. The Labute approximate surface area is 231 Å². The van der Waals surface area contributed by atoms with Crippen LogP contribution in [-0.4, -0.2) is 59.0 Å². The van der Waals surface area contributed by atoms with Gasteiger partial charge in [0.1, 0.15) is 17.4 Å². The number of benzene rings is 3. The first-order chi connectivity index (χ1) is 19.8. The van der Waals surface area contributed by atoms with Crippen LogP contribution >= 0.6 is 0 Å². The number of halogens is 8. The summed E-state index contributed by atoms with van der Waals surface area (Å²) >= 11 is 0. The van der Waals surface area contributed by atoms with Crippen LogP contribution in [0.1, 0.15) is 12.0 Å². The van der Waals surface area contributed by atoms with E-state index in [-0.39, 0.29) is 47.0 Å². The topological polar surface area (TPSA) is 76.6 Å².